The van der Waals surface area contributed by atoms with Gasteiger partial charge in [0.05, 0.1) is 18.6 Å². The fourth-order valence-corrected chi connectivity index (χ4v) is 3.76. The van der Waals surface area contributed by atoms with Crippen molar-refractivity contribution in [2.24, 2.45) is 0 Å². The van der Waals surface area contributed by atoms with Gasteiger partial charge in [-0.3, -0.25) is 9.69 Å². The molecule has 1 aliphatic heterocycles. The number of Topliss-reactive ketones (excluding diaryl/α,β-unsaturated/α-hetero) is 1. The topological polar surface area (TPSA) is 29.5 Å². The highest BCUT2D eigenvalue weighted by Gasteiger charge is 2.51. The minimum absolute atomic E-state index is 0.119. The zero-order valence-corrected chi connectivity index (χ0v) is 11.7. The molecule has 1 aromatic carbocycles. The molecule has 0 aromatic heterocycles. The molecule has 2 unspecified atom stereocenters. The van der Waals surface area contributed by atoms with Crippen molar-refractivity contribution in [1.82, 2.24) is 4.90 Å². The number of methoxy groups -OCH3 is 1. The van der Waals surface area contributed by atoms with Crippen molar-refractivity contribution < 1.29 is 9.53 Å². The largest absolute Gasteiger partial charge is 0.497 e. The average molecular weight is 259 g/mol. The molecular weight excluding hydrogens is 238 g/mol. The number of hydrogen-bond acceptors (Lipinski definition) is 3. The van der Waals surface area contributed by atoms with Crippen molar-refractivity contribution in [1.29, 1.82) is 0 Å². The first-order valence-corrected chi connectivity index (χ1v) is 7.06. The molecule has 2 atom stereocenters. The Morgan fingerprint density at radius 3 is 3.00 bits per heavy atom. The molecule has 2 aliphatic rings. The van der Waals surface area contributed by atoms with Gasteiger partial charge in [-0.25, -0.2) is 0 Å². The summed E-state index contributed by atoms with van der Waals surface area (Å²) in [6, 6.07) is 8.20. The molecule has 1 saturated carbocycles. The molecule has 1 heterocycles. The van der Waals surface area contributed by atoms with Crippen LogP contribution < -0.4 is 4.74 Å². The summed E-state index contributed by atoms with van der Waals surface area (Å²) in [4.78, 5) is 15.1. The minimum atomic E-state index is -0.260. The summed E-state index contributed by atoms with van der Waals surface area (Å²) in [6.45, 7) is 1.03. The molecule has 3 heteroatoms. The third-order valence-electron chi connectivity index (χ3n) is 4.89. The molecule has 0 amide bonds. The Hall–Kier alpha value is -1.35. The first kappa shape index (κ1) is 12.7. The normalized spacial score (nSPS) is 31.3. The van der Waals surface area contributed by atoms with E-state index in [1.165, 1.54) is 0 Å². The summed E-state index contributed by atoms with van der Waals surface area (Å²) in [7, 11) is 3.76. The van der Waals surface area contributed by atoms with Crippen LogP contribution in [-0.4, -0.2) is 37.4 Å². The van der Waals surface area contributed by atoms with E-state index in [1.54, 1.807) is 7.11 Å². The highest BCUT2D eigenvalue weighted by molar-refractivity contribution is 5.96. The maximum Gasteiger partial charge on any atom is 0.160 e. The predicted molar refractivity (Wildman–Crippen MR) is 74.6 cm³/mol. The fourth-order valence-electron chi connectivity index (χ4n) is 3.76. The van der Waals surface area contributed by atoms with Crippen LogP contribution in [0.2, 0.25) is 0 Å². The number of likely N-dealkylation sites (N-methyl/N-ethyl adjacent to an activating group) is 1. The molecule has 0 N–H and O–H groups in total. The Bertz CT molecular complexity index is 499. The molecule has 1 aromatic rings. The van der Waals surface area contributed by atoms with Crippen LogP contribution in [0.3, 0.4) is 0 Å². The fraction of sp³-hybridized carbons (Fsp3) is 0.562. The highest BCUT2D eigenvalue weighted by Crippen LogP contribution is 2.45. The minimum Gasteiger partial charge on any atom is -0.497 e. The monoisotopic (exact) mass is 259 g/mol. The summed E-state index contributed by atoms with van der Waals surface area (Å²) >= 11 is 0. The molecule has 0 radical (unpaired) electrons. The Labute approximate surface area is 114 Å². The number of ketones is 1. The maximum absolute atomic E-state index is 12.9. The van der Waals surface area contributed by atoms with E-state index in [0.29, 0.717) is 5.78 Å². The molecule has 19 heavy (non-hydrogen) atoms. The van der Waals surface area contributed by atoms with Crippen LogP contribution in [0.25, 0.3) is 0 Å². The quantitative estimate of drug-likeness (QED) is 0.816. The van der Waals surface area contributed by atoms with E-state index in [-0.39, 0.29) is 11.5 Å². The van der Waals surface area contributed by atoms with Crippen LogP contribution in [0.15, 0.2) is 24.3 Å². The smallest absolute Gasteiger partial charge is 0.160 e. The number of hydrogen-bond donors (Lipinski definition) is 0. The number of ether oxygens (including phenoxy) is 1. The standard InChI is InChI=1S/C16H21NO2/c1-17-10-4-8-16(9-7-14(17)15(16)18)12-5-3-6-13(11-12)19-2/h3,5-6,11,14H,4,7-10H2,1-2H3. The highest BCUT2D eigenvalue weighted by atomic mass is 16.5. The number of nitrogens with zero attached hydrogens (tertiary/aromatic N) is 1. The van der Waals surface area contributed by atoms with Gasteiger partial charge in [0.25, 0.3) is 0 Å². The number of carbonyl (C=O) groups excluding carboxylic acids is 1. The Morgan fingerprint density at radius 2 is 2.21 bits per heavy atom. The zero-order valence-electron chi connectivity index (χ0n) is 11.7. The molecule has 2 bridgehead atoms. The van der Waals surface area contributed by atoms with Crippen LogP contribution in [0, 0.1) is 0 Å². The maximum atomic E-state index is 12.9. The van der Waals surface area contributed by atoms with Crippen LogP contribution in [0.1, 0.15) is 31.2 Å². The van der Waals surface area contributed by atoms with Gasteiger partial charge < -0.3 is 4.74 Å². The molecule has 0 spiro atoms. The van der Waals surface area contributed by atoms with Crippen LogP contribution in [0.5, 0.6) is 5.75 Å². The van der Waals surface area contributed by atoms with E-state index < -0.39 is 0 Å². The molecule has 3 nitrogen and oxygen atoms in total. The molecular formula is C16H21NO2. The van der Waals surface area contributed by atoms with Gasteiger partial charge in [0, 0.05) is 0 Å². The molecule has 1 aliphatic carbocycles. The second-order valence-electron chi connectivity index (χ2n) is 5.82. The number of likely N-dealkylation sites (tertiary alicyclic amines) is 1. The first-order chi connectivity index (χ1) is 9.17. The summed E-state index contributed by atoms with van der Waals surface area (Å²) in [5, 5.41) is 0. The Balaban J connectivity index is 2.04. The second-order valence-corrected chi connectivity index (χ2v) is 5.82. The van der Waals surface area contributed by atoms with Gasteiger partial charge >= 0.3 is 0 Å². The SMILES string of the molecule is COc1cccc(C23CCCN(C)C(CC2)C3=O)c1. The van der Waals surface area contributed by atoms with Crippen molar-refractivity contribution in [3.8, 4) is 5.75 Å². The van der Waals surface area contributed by atoms with Gasteiger partial charge in [0.15, 0.2) is 5.78 Å². The summed E-state index contributed by atoms with van der Waals surface area (Å²) in [6.07, 6.45) is 4.04. The van der Waals surface area contributed by atoms with Crippen molar-refractivity contribution in [3.05, 3.63) is 29.8 Å². The summed E-state index contributed by atoms with van der Waals surface area (Å²) < 4.78 is 5.31. The number of fused-ring (bicyclic) bond motifs is 2. The predicted octanol–water partition coefficient (Wildman–Crippen LogP) is 2.39. The number of carbonyl (C=O) groups is 1. The Morgan fingerprint density at radius 1 is 1.37 bits per heavy atom. The van der Waals surface area contributed by atoms with Gasteiger partial charge in [-0.2, -0.15) is 0 Å². The molecule has 1 saturated heterocycles. The molecule has 102 valence electrons. The lowest BCUT2D eigenvalue weighted by Gasteiger charge is -2.27. The van der Waals surface area contributed by atoms with Gasteiger partial charge in [0.2, 0.25) is 0 Å². The lowest BCUT2D eigenvalue weighted by molar-refractivity contribution is -0.125. The van der Waals surface area contributed by atoms with E-state index in [2.05, 4.69) is 18.0 Å². The Kier molecular flexibility index (Phi) is 3.09. The van der Waals surface area contributed by atoms with E-state index in [9.17, 15) is 4.79 Å². The van der Waals surface area contributed by atoms with Crippen LogP contribution in [0.4, 0.5) is 0 Å². The summed E-state index contributed by atoms with van der Waals surface area (Å²) in [5.74, 6) is 1.27. The third kappa shape index (κ3) is 1.88. The van der Waals surface area contributed by atoms with E-state index in [1.807, 2.05) is 18.2 Å². The third-order valence-corrected chi connectivity index (χ3v) is 4.89. The van der Waals surface area contributed by atoms with Gasteiger partial charge in [-0.05, 0) is 57.0 Å². The second kappa shape index (κ2) is 4.64. The van der Waals surface area contributed by atoms with E-state index in [4.69, 9.17) is 4.74 Å². The van der Waals surface area contributed by atoms with Crippen molar-refractivity contribution in [3.63, 3.8) is 0 Å². The van der Waals surface area contributed by atoms with Gasteiger partial charge in [-0.15, -0.1) is 0 Å². The first-order valence-electron chi connectivity index (χ1n) is 7.06. The van der Waals surface area contributed by atoms with E-state index in [0.717, 1.165) is 43.5 Å². The van der Waals surface area contributed by atoms with E-state index >= 15 is 0 Å². The van der Waals surface area contributed by atoms with Crippen LogP contribution >= 0.6 is 0 Å². The van der Waals surface area contributed by atoms with Gasteiger partial charge in [-0.1, -0.05) is 12.1 Å². The van der Waals surface area contributed by atoms with Crippen molar-refractivity contribution in [2.45, 2.75) is 37.1 Å². The van der Waals surface area contributed by atoms with Crippen molar-refractivity contribution in [2.75, 3.05) is 20.7 Å². The van der Waals surface area contributed by atoms with Crippen LogP contribution in [-0.2, 0) is 10.2 Å². The lowest BCUT2D eigenvalue weighted by Crippen LogP contribution is -2.39. The zero-order chi connectivity index (χ0) is 13.5. The molecule has 3 rings (SSSR count). The summed E-state index contributed by atoms with van der Waals surface area (Å²) in [5.41, 5.74) is 0.888. The molecule has 2 fully saturated rings. The lowest BCUT2D eigenvalue weighted by atomic mass is 9.74. The average Bonchev–Trinajstić information content (AvgIpc) is 2.70. The van der Waals surface area contributed by atoms with Gasteiger partial charge in [0.1, 0.15) is 5.75 Å². The number of rotatable bonds is 2. The van der Waals surface area contributed by atoms with Crippen molar-refractivity contribution >= 4 is 5.78 Å². The number of benzene rings is 1.